The average molecular weight is 437 g/mol. The van der Waals surface area contributed by atoms with E-state index in [9.17, 15) is 9.59 Å². The van der Waals surface area contributed by atoms with Crippen molar-refractivity contribution in [3.8, 4) is 11.5 Å². The predicted molar refractivity (Wildman–Crippen MR) is 112 cm³/mol. The van der Waals surface area contributed by atoms with Gasteiger partial charge in [-0.05, 0) is 54.2 Å². The van der Waals surface area contributed by atoms with E-state index in [-0.39, 0.29) is 15.7 Å². The Morgan fingerprint density at radius 2 is 1.71 bits per heavy atom. The van der Waals surface area contributed by atoms with Gasteiger partial charge in [-0.25, -0.2) is 0 Å². The average Bonchev–Trinajstić information content (AvgIpc) is 2.67. The molecular weight excluding hydrogens is 423 g/mol. The minimum Gasteiger partial charge on any atom is -0.493 e. The van der Waals surface area contributed by atoms with Crippen LogP contribution in [0.4, 0.5) is 5.69 Å². The molecule has 144 valence electrons. The number of hydrogen-bond donors (Lipinski definition) is 1. The highest BCUT2D eigenvalue weighted by atomic mass is 35.5. The highest BCUT2D eigenvalue weighted by Gasteiger charge is 2.34. The minimum absolute atomic E-state index is 0.0437. The number of benzene rings is 2. The van der Waals surface area contributed by atoms with Crippen molar-refractivity contribution in [1.82, 2.24) is 5.32 Å². The summed E-state index contributed by atoms with van der Waals surface area (Å²) in [6, 6.07) is 9.67. The molecule has 0 unspecified atom stereocenters. The number of thiocarbonyl (C=S) groups is 1. The van der Waals surface area contributed by atoms with E-state index >= 15 is 0 Å². The maximum atomic E-state index is 13.0. The van der Waals surface area contributed by atoms with Gasteiger partial charge in [0.2, 0.25) is 0 Å². The summed E-state index contributed by atoms with van der Waals surface area (Å²) in [5.41, 5.74) is 0.882. The second kappa shape index (κ2) is 8.18. The second-order valence-electron chi connectivity index (χ2n) is 5.67. The third-order valence-electron chi connectivity index (χ3n) is 3.98. The lowest BCUT2D eigenvalue weighted by Gasteiger charge is -2.29. The Bertz CT molecular complexity index is 1020. The molecule has 3 rings (SSSR count). The maximum Gasteiger partial charge on any atom is 0.270 e. The van der Waals surface area contributed by atoms with Gasteiger partial charge in [0, 0.05) is 0 Å². The van der Waals surface area contributed by atoms with Crippen LogP contribution in [0.15, 0.2) is 42.0 Å². The third kappa shape index (κ3) is 3.82. The zero-order valence-corrected chi connectivity index (χ0v) is 17.1. The number of halogens is 2. The summed E-state index contributed by atoms with van der Waals surface area (Å²) in [4.78, 5) is 26.6. The molecular formula is C19H14Cl2N2O4S. The Morgan fingerprint density at radius 1 is 1.00 bits per heavy atom. The molecule has 2 aromatic carbocycles. The standard InChI is InChI=1S/C19H14Cl2N2O4S/c1-26-15-6-3-10(8-16(15)27-2)7-12-17(24)22-19(28)23(18(12)25)11-4-5-13(20)14(21)9-11/h3-9H,1-2H3,(H,22,24,28)/b12-7-. The van der Waals surface area contributed by atoms with Crippen molar-refractivity contribution < 1.29 is 19.1 Å². The summed E-state index contributed by atoms with van der Waals surface area (Å²) in [5.74, 6) is -0.178. The van der Waals surface area contributed by atoms with Gasteiger partial charge >= 0.3 is 0 Å². The number of amides is 2. The summed E-state index contributed by atoms with van der Waals surface area (Å²) in [5, 5.41) is 3.07. The van der Waals surface area contributed by atoms with Crippen LogP contribution in [0.25, 0.3) is 6.08 Å². The van der Waals surface area contributed by atoms with Gasteiger partial charge in [-0.15, -0.1) is 0 Å². The molecule has 6 nitrogen and oxygen atoms in total. The molecule has 0 spiro atoms. The number of hydrogen-bond acceptors (Lipinski definition) is 5. The molecule has 9 heteroatoms. The van der Waals surface area contributed by atoms with Gasteiger partial charge in [-0.3, -0.25) is 19.8 Å². The molecule has 1 N–H and O–H groups in total. The summed E-state index contributed by atoms with van der Waals surface area (Å²) >= 11 is 17.1. The number of rotatable bonds is 4. The highest BCUT2D eigenvalue weighted by molar-refractivity contribution is 7.80. The van der Waals surface area contributed by atoms with Crippen LogP contribution < -0.4 is 19.7 Å². The lowest BCUT2D eigenvalue weighted by Crippen LogP contribution is -2.54. The minimum atomic E-state index is -0.596. The van der Waals surface area contributed by atoms with E-state index < -0.39 is 11.8 Å². The van der Waals surface area contributed by atoms with E-state index in [1.54, 1.807) is 30.3 Å². The number of carbonyl (C=O) groups is 2. The number of anilines is 1. The molecule has 1 saturated heterocycles. The predicted octanol–water partition coefficient (Wildman–Crippen LogP) is 3.84. The fraction of sp³-hybridized carbons (Fsp3) is 0.105. The molecule has 0 aromatic heterocycles. The van der Waals surface area contributed by atoms with Crippen LogP contribution in [0.3, 0.4) is 0 Å². The maximum absolute atomic E-state index is 13.0. The Morgan fingerprint density at radius 3 is 2.36 bits per heavy atom. The Labute approximate surface area is 176 Å². The van der Waals surface area contributed by atoms with Crippen molar-refractivity contribution in [1.29, 1.82) is 0 Å². The molecule has 1 aliphatic rings. The normalized spacial score (nSPS) is 15.6. The monoisotopic (exact) mass is 436 g/mol. The van der Waals surface area contributed by atoms with Gasteiger partial charge in [-0.2, -0.15) is 0 Å². The lowest BCUT2D eigenvalue weighted by molar-refractivity contribution is -0.122. The fourth-order valence-corrected chi connectivity index (χ4v) is 3.20. The van der Waals surface area contributed by atoms with Gasteiger partial charge in [0.05, 0.1) is 30.0 Å². The molecule has 0 radical (unpaired) electrons. The van der Waals surface area contributed by atoms with Crippen LogP contribution in [0.5, 0.6) is 11.5 Å². The van der Waals surface area contributed by atoms with E-state index in [1.807, 2.05) is 0 Å². The fourth-order valence-electron chi connectivity index (χ4n) is 2.63. The molecule has 0 atom stereocenters. The molecule has 0 saturated carbocycles. The third-order valence-corrected chi connectivity index (χ3v) is 5.01. The first-order valence-electron chi connectivity index (χ1n) is 7.94. The van der Waals surface area contributed by atoms with Gasteiger partial charge in [0.1, 0.15) is 5.57 Å². The van der Waals surface area contributed by atoms with E-state index in [1.165, 1.54) is 31.3 Å². The van der Waals surface area contributed by atoms with Gasteiger partial charge < -0.3 is 9.47 Å². The van der Waals surface area contributed by atoms with Crippen molar-refractivity contribution in [3.05, 3.63) is 57.6 Å². The summed E-state index contributed by atoms with van der Waals surface area (Å²) in [6.07, 6.45) is 1.45. The van der Waals surface area contributed by atoms with Crippen LogP contribution in [0, 0.1) is 0 Å². The molecule has 2 aromatic rings. The zero-order valence-electron chi connectivity index (χ0n) is 14.8. The molecule has 1 aliphatic heterocycles. The van der Waals surface area contributed by atoms with Crippen molar-refractivity contribution in [3.63, 3.8) is 0 Å². The van der Waals surface area contributed by atoms with Crippen molar-refractivity contribution >= 4 is 64.1 Å². The van der Waals surface area contributed by atoms with Gasteiger partial charge in [-0.1, -0.05) is 29.3 Å². The Hall–Kier alpha value is -2.61. The van der Waals surface area contributed by atoms with Crippen LogP contribution in [-0.4, -0.2) is 31.1 Å². The molecule has 1 fully saturated rings. The number of nitrogens with one attached hydrogen (secondary N) is 1. The van der Waals surface area contributed by atoms with Gasteiger partial charge in [0.25, 0.3) is 11.8 Å². The SMILES string of the molecule is COc1ccc(/C=C2/C(=O)NC(=S)N(c3ccc(Cl)c(Cl)c3)C2=O)cc1OC. The number of ether oxygens (including phenoxy) is 2. The quantitative estimate of drug-likeness (QED) is 0.447. The van der Waals surface area contributed by atoms with E-state index in [4.69, 9.17) is 44.9 Å². The second-order valence-corrected chi connectivity index (χ2v) is 6.87. The van der Waals surface area contributed by atoms with Crippen LogP contribution in [0.2, 0.25) is 10.0 Å². The first kappa shape index (κ1) is 20.1. The number of nitrogens with zero attached hydrogens (tertiary/aromatic N) is 1. The summed E-state index contributed by atoms with van der Waals surface area (Å²) in [6.45, 7) is 0. The highest BCUT2D eigenvalue weighted by Crippen LogP contribution is 2.31. The Kier molecular flexibility index (Phi) is 5.88. The molecule has 0 aliphatic carbocycles. The van der Waals surface area contributed by atoms with Crippen molar-refractivity contribution in [2.75, 3.05) is 19.1 Å². The number of methoxy groups -OCH3 is 2. The number of carbonyl (C=O) groups excluding carboxylic acids is 2. The molecule has 28 heavy (non-hydrogen) atoms. The van der Waals surface area contributed by atoms with Crippen LogP contribution >= 0.6 is 35.4 Å². The Balaban J connectivity index is 2.02. The van der Waals surface area contributed by atoms with Gasteiger partial charge in [0.15, 0.2) is 16.6 Å². The van der Waals surface area contributed by atoms with E-state index in [2.05, 4.69) is 5.32 Å². The van der Waals surface area contributed by atoms with Crippen LogP contribution in [0.1, 0.15) is 5.56 Å². The largest absolute Gasteiger partial charge is 0.493 e. The first-order chi connectivity index (χ1) is 13.3. The molecule has 1 heterocycles. The smallest absolute Gasteiger partial charge is 0.270 e. The summed E-state index contributed by atoms with van der Waals surface area (Å²) < 4.78 is 10.4. The summed E-state index contributed by atoms with van der Waals surface area (Å²) in [7, 11) is 3.02. The topological polar surface area (TPSA) is 67.9 Å². The molecule has 2 amide bonds. The first-order valence-corrected chi connectivity index (χ1v) is 9.10. The lowest BCUT2D eigenvalue weighted by atomic mass is 10.1. The van der Waals surface area contributed by atoms with Crippen LogP contribution in [-0.2, 0) is 9.59 Å². The van der Waals surface area contributed by atoms with Crippen molar-refractivity contribution in [2.45, 2.75) is 0 Å². The van der Waals surface area contributed by atoms with E-state index in [0.29, 0.717) is 27.8 Å². The molecule has 0 bridgehead atoms. The zero-order chi connectivity index (χ0) is 20.4. The van der Waals surface area contributed by atoms with E-state index in [0.717, 1.165) is 0 Å². The van der Waals surface area contributed by atoms with Crippen molar-refractivity contribution in [2.24, 2.45) is 0 Å².